The Kier molecular flexibility index (Phi) is 3.76. The van der Waals surface area contributed by atoms with E-state index in [4.69, 9.17) is 0 Å². The summed E-state index contributed by atoms with van der Waals surface area (Å²) in [5, 5.41) is 1.09. The van der Waals surface area contributed by atoms with Crippen LogP contribution < -0.4 is 4.90 Å². The third-order valence-corrected chi connectivity index (χ3v) is 3.98. The molecule has 90 valence electrons. The molecular formula is C11H20N4S. The first-order valence-electron chi connectivity index (χ1n) is 6.00. The fourth-order valence-electron chi connectivity index (χ4n) is 2.22. The molecule has 1 aliphatic heterocycles. The Labute approximate surface area is 101 Å². The maximum Gasteiger partial charge on any atom is 0.205 e. The molecule has 5 heteroatoms. The highest BCUT2D eigenvalue weighted by molar-refractivity contribution is 7.09. The van der Waals surface area contributed by atoms with Crippen molar-refractivity contribution in [3.8, 4) is 0 Å². The van der Waals surface area contributed by atoms with Gasteiger partial charge in [0.2, 0.25) is 5.13 Å². The number of likely N-dealkylation sites (N-methyl/N-ethyl adjacent to an activating group) is 1. The van der Waals surface area contributed by atoms with Crippen molar-refractivity contribution in [3.63, 3.8) is 0 Å². The Balaban J connectivity index is 2.10. The topological polar surface area (TPSA) is 32.3 Å². The van der Waals surface area contributed by atoms with Crippen molar-refractivity contribution in [3.05, 3.63) is 5.82 Å². The number of hydrogen-bond donors (Lipinski definition) is 0. The van der Waals surface area contributed by atoms with Crippen LogP contribution in [0.3, 0.4) is 0 Å². The minimum atomic E-state index is 0.537. The van der Waals surface area contributed by atoms with Gasteiger partial charge in [0.05, 0.1) is 0 Å². The van der Waals surface area contributed by atoms with Crippen LogP contribution in [0.15, 0.2) is 0 Å². The van der Waals surface area contributed by atoms with Crippen molar-refractivity contribution in [1.29, 1.82) is 0 Å². The van der Waals surface area contributed by atoms with Crippen LogP contribution in [0.4, 0.5) is 5.13 Å². The van der Waals surface area contributed by atoms with Gasteiger partial charge in [0.15, 0.2) is 0 Å². The average Bonchev–Trinajstić information content (AvgIpc) is 2.59. The highest BCUT2D eigenvalue weighted by Crippen LogP contribution is 2.22. The zero-order chi connectivity index (χ0) is 11.5. The first kappa shape index (κ1) is 11.8. The minimum Gasteiger partial charge on any atom is -0.343 e. The van der Waals surface area contributed by atoms with Crippen molar-refractivity contribution in [2.24, 2.45) is 0 Å². The second-order valence-electron chi connectivity index (χ2n) is 4.41. The number of aromatic nitrogens is 2. The second kappa shape index (κ2) is 5.10. The lowest BCUT2D eigenvalue weighted by Gasteiger charge is -2.27. The van der Waals surface area contributed by atoms with Crippen LogP contribution in [0.5, 0.6) is 0 Å². The van der Waals surface area contributed by atoms with Gasteiger partial charge in [-0.2, -0.15) is 4.37 Å². The molecule has 0 radical (unpaired) electrons. The molecule has 0 aliphatic carbocycles. The quantitative estimate of drug-likeness (QED) is 0.788. The molecule has 1 aromatic heterocycles. The van der Waals surface area contributed by atoms with Gasteiger partial charge in [-0.1, -0.05) is 6.92 Å². The number of rotatable bonds is 2. The number of anilines is 1. The summed E-state index contributed by atoms with van der Waals surface area (Å²) in [6.45, 7) is 11.1. The van der Waals surface area contributed by atoms with E-state index in [0.717, 1.165) is 30.6 Å². The molecule has 0 bridgehead atoms. The van der Waals surface area contributed by atoms with Crippen molar-refractivity contribution >= 4 is 16.7 Å². The van der Waals surface area contributed by atoms with E-state index in [2.05, 4.69) is 33.0 Å². The van der Waals surface area contributed by atoms with Crippen molar-refractivity contribution < 1.29 is 0 Å². The third kappa shape index (κ3) is 2.52. The lowest BCUT2D eigenvalue weighted by Crippen LogP contribution is -2.38. The van der Waals surface area contributed by atoms with Crippen molar-refractivity contribution in [2.75, 3.05) is 31.1 Å². The lowest BCUT2D eigenvalue weighted by molar-refractivity contribution is 0.291. The molecule has 0 spiro atoms. The van der Waals surface area contributed by atoms with Gasteiger partial charge in [0.25, 0.3) is 0 Å². The van der Waals surface area contributed by atoms with E-state index in [1.165, 1.54) is 24.5 Å². The van der Waals surface area contributed by atoms with Gasteiger partial charge in [-0.25, -0.2) is 4.98 Å². The first-order chi connectivity index (χ1) is 7.70. The second-order valence-corrected chi connectivity index (χ2v) is 5.14. The Bertz CT molecular complexity index is 338. The Morgan fingerprint density at radius 2 is 2.25 bits per heavy atom. The largest absolute Gasteiger partial charge is 0.343 e. The van der Waals surface area contributed by atoms with Gasteiger partial charge in [0, 0.05) is 30.7 Å². The molecule has 1 atom stereocenters. The van der Waals surface area contributed by atoms with Gasteiger partial charge in [-0.05, 0) is 33.4 Å². The fraction of sp³-hybridized carbons (Fsp3) is 0.818. The van der Waals surface area contributed by atoms with E-state index in [-0.39, 0.29) is 0 Å². The standard InChI is InChI=1S/C11H20N4S/c1-4-14-6-5-7-15(9(2)8-14)11-12-10(3)13-16-11/h9H,4-8H2,1-3H3. The normalized spacial score (nSPS) is 23.4. The molecule has 0 amide bonds. The Morgan fingerprint density at radius 3 is 2.88 bits per heavy atom. The molecule has 2 rings (SSSR count). The molecule has 4 nitrogen and oxygen atoms in total. The molecule has 1 aromatic rings. The van der Waals surface area contributed by atoms with E-state index in [1.54, 1.807) is 0 Å². The van der Waals surface area contributed by atoms with Gasteiger partial charge >= 0.3 is 0 Å². The van der Waals surface area contributed by atoms with E-state index < -0.39 is 0 Å². The van der Waals surface area contributed by atoms with Gasteiger partial charge in [0.1, 0.15) is 5.82 Å². The summed E-state index contributed by atoms with van der Waals surface area (Å²) in [6.07, 6.45) is 1.22. The molecule has 0 N–H and O–H groups in total. The average molecular weight is 240 g/mol. The summed E-state index contributed by atoms with van der Waals surface area (Å²) in [5.41, 5.74) is 0. The smallest absolute Gasteiger partial charge is 0.205 e. The maximum absolute atomic E-state index is 4.49. The minimum absolute atomic E-state index is 0.537. The Morgan fingerprint density at radius 1 is 1.44 bits per heavy atom. The van der Waals surface area contributed by atoms with Crippen LogP contribution in [0.25, 0.3) is 0 Å². The highest BCUT2D eigenvalue weighted by Gasteiger charge is 2.23. The van der Waals surface area contributed by atoms with Crippen LogP contribution in [0.2, 0.25) is 0 Å². The summed E-state index contributed by atoms with van der Waals surface area (Å²) >= 11 is 1.52. The molecule has 1 aliphatic rings. The first-order valence-corrected chi connectivity index (χ1v) is 6.77. The molecule has 2 heterocycles. The number of aryl methyl sites for hydroxylation is 1. The van der Waals surface area contributed by atoms with Crippen LogP contribution in [-0.2, 0) is 0 Å². The van der Waals surface area contributed by atoms with Crippen molar-refractivity contribution in [1.82, 2.24) is 14.3 Å². The van der Waals surface area contributed by atoms with Gasteiger partial charge in [-0.3, -0.25) is 0 Å². The maximum atomic E-state index is 4.49. The summed E-state index contributed by atoms with van der Waals surface area (Å²) in [7, 11) is 0. The summed E-state index contributed by atoms with van der Waals surface area (Å²) in [6, 6.07) is 0.537. The molecular weight excluding hydrogens is 220 g/mol. The molecule has 0 aromatic carbocycles. The zero-order valence-corrected chi connectivity index (χ0v) is 11.1. The van der Waals surface area contributed by atoms with Gasteiger partial charge < -0.3 is 9.80 Å². The SMILES string of the molecule is CCN1CCCN(c2nc(C)ns2)C(C)C1. The third-order valence-electron chi connectivity index (χ3n) is 3.14. The predicted octanol–water partition coefficient (Wildman–Crippen LogP) is 1.77. The lowest BCUT2D eigenvalue weighted by atomic mass is 10.3. The fourth-order valence-corrected chi connectivity index (χ4v) is 3.03. The summed E-state index contributed by atoms with van der Waals surface area (Å²) in [5.74, 6) is 0.892. The van der Waals surface area contributed by atoms with Gasteiger partial charge in [-0.15, -0.1) is 0 Å². The zero-order valence-electron chi connectivity index (χ0n) is 10.3. The van der Waals surface area contributed by atoms with Crippen LogP contribution >= 0.6 is 11.5 Å². The van der Waals surface area contributed by atoms with E-state index in [0.29, 0.717) is 6.04 Å². The molecule has 1 fully saturated rings. The van der Waals surface area contributed by atoms with E-state index >= 15 is 0 Å². The number of nitrogens with zero attached hydrogens (tertiary/aromatic N) is 4. The van der Waals surface area contributed by atoms with E-state index in [1.807, 2.05) is 6.92 Å². The Hall–Kier alpha value is -0.680. The predicted molar refractivity (Wildman–Crippen MR) is 68.2 cm³/mol. The summed E-state index contributed by atoms with van der Waals surface area (Å²) in [4.78, 5) is 9.41. The number of hydrogen-bond acceptors (Lipinski definition) is 5. The highest BCUT2D eigenvalue weighted by atomic mass is 32.1. The van der Waals surface area contributed by atoms with Crippen LogP contribution in [0, 0.1) is 6.92 Å². The monoisotopic (exact) mass is 240 g/mol. The summed E-state index contributed by atoms with van der Waals surface area (Å²) < 4.78 is 4.27. The molecule has 0 saturated carbocycles. The molecule has 1 unspecified atom stereocenters. The van der Waals surface area contributed by atoms with Crippen LogP contribution in [0.1, 0.15) is 26.1 Å². The van der Waals surface area contributed by atoms with E-state index in [9.17, 15) is 0 Å². The molecule has 1 saturated heterocycles. The van der Waals surface area contributed by atoms with Crippen molar-refractivity contribution in [2.45, 2.75) is 33.2 Å². The van der Waals surface area contributed by atoms with Crippen LogP contribution in [-0.4, -0.2) is 46.5 Å². The molecule has 16 heavy (non-hydrogen) atoms.